The number of nitrogens with one attached hydrogen (secondary N) is 2. The average Bonchev–Trinajstić information content (AvgIpc) is 2.63. The average molecular weight is 406 g/mol. The van der Waals surface area contributed by atoms with E-state index in [-0.39, 0.29) is 5.39 Å². The quantitative estimate of drug-likeness (QED) is 0.704. The Hall–Kier alpha value is -2.29. The number of thioether (sulfide) groups is 1. The maximum atomic E-state index is 14.4. The first kappa shape index (κ1) is 19.0. The highest BCUT2D eigenvalue weighted by Crippen LogP contribution is 2.28. The van der Waals surface area contributed by atoms with Crippen LogP contribution in [-0.4, -0.2) is 50.4 Å². The molecule has 3 N–H and O–H groups in total. The lowest BCUT2D eigenvalue weighted by Gasteiger charge is -2.29. The van der Waals surface area contributed by atoms with Gasteiger partial charge in [0, 0.05) is 30.1 Å². The molecule has 0 atom stereocenters. The highest BCUT2D eigenvalue weighted by atomic mass is 32.2. The summed E-state index contributed by atoms with van der Waals surface area (Å²) in [4.78, 5) is 31.9. The molecular formula is C19H23FN4O3S. The van der Waals surface area contributed by atoms with Crippen molar-refractivity contribution in [1.82, 2.24) is 14.9 Å². The van der Waals surface area contributed by atoms with Crippen LogP contribution in [0.1, 0.15) is 37.9 Å². The third-order valence-corrected chi connectivity index (χ3v) is 6.84. The molecule has 1 amide bonds. The zero-order valence-corrected chi connectivity index (χ0v) is 16.2. The number of hydrogen-bond donors (Lipinski definition) is 3. The van der Waals surface area contributed by atoms with Gasteiger partial charge in [0.15, 0.2) is 0 Å². The first-order valence-corrected chi connectivity index (χ1v) is 10.6. The number of carboxylic acid groups (broad SMARTS) is 1. The van der Waals surface area contributed by atoms with Crippen LogP contribution in [0, 0.1) is 5.82 Å². The molecule has 0 unspecified atom stereocenters. The van der Waals surface area contributed by atoms with Gasteiger partial charge < -0.3 is 20.3 Å². The van der Waals surface area contributed by atoms with Gasteiger partial charge in [0.25, 0.3) is 5.56 Å². The van der Waals surface area contributed by atoms with Crippen molar-refractivity contribution in [2.75, 3.05) is 18.4 Å². The maximum Gasteiger partial charge on any atom is 0.407 e. The molecule has 2 aliphatic rings. The Balaban J connectivity index is 1.46. The highest BCUT2D eigenvalue weighted by molar-refractivity contribution is 7.99. The van der Waals surface area contributed by atoms with Gasteiger partial charge in [0.2, 0.25) is 0 Å². The van der Waals surface area contributed by atoms with Gasteiger partial charge in [-0.05, 0) is 44.2 Å². The molecule has 1 aliphatic heterocycles. The second kappa shape index (κ2) is 7.98. The molecule has 1 aromatic carbocycles. The van der Waals surface area contributed by atoms with Crippen LogP contribution >= 0.6 is 11.8 Å². The zero-order chi connectivity index (χ0) is 19.7. The molecule has 2 fully saturated rings. The van der Waals surface area contributed by atoms with Crippen molar-refractivity contribution >= 4 is 34.4 Å². The molecule has 1 saturated heterocycles. The van der Waals surface area contributed by atoms with Crippen molar-refractivity contribution in [1.29, 1.82) is 0 Å². The van der Waals surface area contributed by atoms with Crippen molar-refractivity contribution in [3.8, 4) is 0 Å². The van der Waals surface area contributed by atoms with Crippen LogP contribution in [0.2, 0.25) is 0 Å². The zero-order valence-electron chi connectivity index (χ0n) is 15.4. The van der Waals surface area contributed by atoms with Gasteiger partial charge in [-0.15, -0.1) is 0 Å². The SMILES string of the molecule is O=C(O)N1CCC(SCc2nc3cc(NC4CCC4)cc(F)c3c(=O)[nH]2)CC1. The fraction of sp³-hybridized carbons (Fsp3) is 0.526. The van der Waals surface area contributed by atoms with Crippen LogP contribution in [0.4, 0.5) is 14.9 Å². The van der Waals surface area contributed by atoms with Crippen LogP contribution in [0.15, 0.2) is 16.9 Å². The Morgan fingerprint density at radius 2 is 2.07 bits per heavy atom. The minimum atomic E-state index is -0.877. The van der Waals surface area contributed by atoms with Gasteiger partial charge in [-0.2, -0.15) is 11.8 Å². The molecule has 150 valence electrons. The minimum absolute atomic E-state index is 0.0114. The maximum absolute atomic E-state index is 14.4. The third kappa shape index (κ3) is 4.09. The van der Waals surface area contributed by atoms with Crippen molar-refractivity contribution in [3.63, 3.8) is 0 Å². The summed E-state index contributed by atoms with van der Waals surface area (Å²) in [6, 6.07) is 3.47. The molecule has 4 rings (SSSR count). The molecule has 7 nitrogen and oxygen atoms in total. The number of nitrogens with zero attached hydrogens (tertiary/aromatic N) is 2. The van der Waals surface area contributed by atoms with Crippen LogP contribution in [0.25, 0.3) is 10.9 Å². The minimum Gasteiger partial charge on any atom is -0.465 e. The third-order valence-electron chi connectivity index (χ3n) is 5.45. The summed E-state index contributed by atoms with van der Waals surface area (Å²) < 4.78 is 14.4. The molecule has 0 radical (unpaired) electrons. The Bertz CT molecular complexity index is 939. The van der Waals surface area contributed by atoms with Gasteiger partial charge >= 0.3 is 6.09 Å². The van der Waals surface area contributed by atoms with Gasteiger partial charge in [-0.1, -0.05) is 0 Å². The van der Waals surface area contributed by atoms with E-state index in [1.165, 1.54) is 17.4 Å². The summed E-state index contributed by atoms with van der Waals surface area (Å²) in [5.74, 6) is 0.460. The van der Waals surface area contributed by atoms with E-state index in [1.807, 2.05) is 0 Å². The van der Waals surface area contributed by atoms with E-state index in [2.05, 4.69) is 15.3 Å². The van der Waals surface area contributed by atoms with Crippen molar-refractivity contribution in [2.45, 2.75) is 49.1 Å². The summed E-state index contributed by atoms with van der Waals surface area (Å²) in [6.07, 6.45) is 4.00. The normalized spacial score (nSPS) is 18.2. The molecule has 2 heterocycles. The summed E-state index contributed by atoms with van der Waals surface area (Å²) >= 11 is 1.65. The number of aromatic amines is 1. The Morgan fingerprint density at radius 1 is 1.32 bits per heavy atom. The number of halogens is 1. The number of aromatic nitrogens is 2. The topological polar surface area (TPSA) is 98.3 Å². The summed E-state index contributed by atoms with van der Waals surface area (Å²) in [6.45, 7) is 1.05. The van der Waals surface area contributed by atoms with Crippen molar-refractivity contribution < 1.29 is 14.3 Å². The smallest absolute Gasteiger partial charge is 0.407 e. The lowest BCUT2D eigenvalue weighted by atomic mass is 9.93. The molecule has 28 heavy (non-hydrogen) atoms. The predicted molar refractivity (Wildman–Crippen MR) is 107 cm³/mol. The standard InChI is InChI=1S/C19H23FN4O3S/c20-14-8-12(21-11-2-1-3-11)9-15-17(14)18(25)23-16(22-15)10-28-13-4-6-24(7-5-13)19(26)27/h8-9,11,13,21H,1-7,10H2,(H,26,27)(H,22,23,25). The molecule has 9 heteroatoms. The highest BCUT2D eigenvalue weighted by Gasteiger charge is 2.23. The molecule has 1 saturated carbocycles. The number of anilines is 1. The molecule has 1 aromatic heterocycles. The van der Waals surface area contributed by atoms with Crippen molar-refractivity contribution in [2.24, 2.45) is 0 Å². The van der Waals surface area contributed by atoms with Gasteiger partial charge in [-0.3, -0.25) is 4.79 Å². The number of rotatable bonds is 5. The summed E-state index contributed by atoms with van der Waals surface area (Å²) in [5.41, 5.74) is 0.559. The van der Waals surface area contributed by atoms with E-state index in [0.717, 1.165) is 25.7 Å². The molecule has 0 spiro atoms. The van der Waals surface area contributed by atoms with Crippen LogP contribution < -0.4 is 10.9 Å². The summed E-state index contributed by atoms with van der Waals surface area (Å²) in [7, 11) is 0. The van der Waals surface area contributed by atoms with E-state index >= 15 is 0 Å². The fourth-order valence-corrected chi connectivity index (χ4v) is 4.70. The summed E-state index contributed by atoms with van der Waals surface area (Å²) in [5, 5.41) is 12.6. The Labute approximate surface area is 165 Å². The number of likely N-dealkylation sites (tertiary alicyclic amines) is 1. The second-order valence-corrected chi connectivity index (χ2v) is 8.71. The van der Waals surface area contributed by atoms with E-state index in [0.29, 0.717) is 47.2 Å². The predicted octanol–water partition coefficient (Wildman–Crippen LogP) is 3.40. The number of amides is 1. The first-order chi connectivity index (χ1) is 13.5. The number of H-pyrrole nitrogens is 1. The molecule has 2 aromatic rings. The van der Waals surface area contributed by atoms with E-state index < -0.39 is 17.5 Å². The van der Waals surface area contributed by atoms with E-state index in [1.54, 1.807) is 17.8 Å². The van der Waals surface area contributed by atoms with Crippen LogP contribution in [-0.2, 0) is 5.75 Å². The monoisotopic (exact) mass is 406 g/mol. The number of fused-ring (bicyclic) bond motifs is 1. The lowest BCUT2D eigenvalue weighted by Crippen LogP contribution is -2.38. The van der Waals surface area contributed by atoms with E-state index in [9.17, 15) is 14.0 Å². The lowest BCUT2D eigenvalue weighted by molar-refractivity contribution is 0.136. The van der Waals surface area contributed by atoms with Crippen LogP contribution in [0.5, 0.6) is 0 Å². The Morgan fingerprint density at radius 3 is 2.71 bits per heavy atom. The number of hydrogen-bond acceptors (Lipinski definition) is 5. The number of carbonyl (C=O) groups is 1. The van der Waals surface area contributed by atoms with Crippen LogP contribution in [0.3, 0.4) is 0 Å². The molecule has 1 aliphatic carbocycles. The first-order valence-electron chi connectivity index (χ1n) is 9.58. The van der Waals surface area contributed by atoms with E-state index in [4.69, 9.17) is 5.11 Å². The second-order valence-electron chi connectivity index (χ2n) is 7.42. The number of benzene rings is 1. The molecular weight excluding hydrogens is 383 g/mol. The fourth-order valence-electron chi connectivity index (χ4n) is 3.62. The van der Waals surface area contributed by atoms with Gasteiger partial charge in [0.05, 0.1) is 11.3 Å². The Kier molecular flexibility index (Phi) is 5.43. The largest absolute Gasteiger partial charge is 0.465 e. The van der Waals surface area contributed by atoms with Crippen molar-refractivity contribution in [3.05, 3.63) is 34.1 Å². The number of piperidine rings is 1. The van der Waals surface area contributed by atoms with Gasteiger partial charge in [-0.25, -0.2) is 14.2 Å². The molecule has 0 bridgehead atoms. The van der Waals surface area contributed by atoms with Gasteiger partial charge in [0.1, 0.15) is 17.0 Å².